The van der Waals surface area contributed by atoms with Crippen LogP contribution in [0.5, 0.6) is 0 Å². The zero-order valence-corrected chi connectivity index (χ0v) is 10.9. The van der Waals surface area contributed by atoms with Gasteiger partial charge in [-0.3, -0.25) is 0 Å². The van der Waals surface area contributed by atoms with Crippen LogP contribution in [0.1, 0.15) is 19.4 Å². The van der Waals surface area contributed by atoms with Crippen molar-refractivity contribution >= 4 is 23.2 Å². The molecule has 0 aliphatic rings. The van der Waals surface area contributed by atoms with E-state index in [1.165, 1.54) is 0 Å². The Kier molecular flexibility index (Phi) is 4.68. The lowest BCUT2D eigenvalue weighted by Crippen LogP contribution is -2.12. The number of hydrogen-bond acceptors (Lipinski definition) is 1. The number of halogens is 2. The molecule has 1 N–H and O–H groups in total. The highest BCUT2D eigenvalue weighted by atomic mass is 35.5. The number of aliphatic hydroxyl groups is 1. The predicted molar refractivity (Wildman–Crippen MR) is 68.8 cm³/mol. The Morgan fingerprint density at radius 2 is 2.00 bits per heavy atom. The van der Waals surface area contributed by atoms with Gasteiger partial charge in [-0.1, -0.05) is 41.1 Å². The smallest absolute Gasteiger partial charge is 0.104 e. The van der Waals surface area contributed by atoms with Crippen molar-refractivity contribution in [3.8, 4) is 11.8 Å². The quantitative estimate of drug-likeness (QED) is 0.803. The summed E-state index contributed by atoms with van der Waals surface area (Å²) < 4.78 is 0. The normalized spacial score (nSPS) is 10.8. The van der Waals surface area contributed by atoms with Gasteiger partial charge in [0.2, 0.25) is 0 Å². The zero-order chi connectivity index (χ0) is 12.2. The first-order valence-corrected chi connectivity index (χ1v) is 5.75. The van der Waals surface area contributed by atoms with E-state index in [1.807, 2.05) is 26.0 Å². The van der Waals surface area contributed by atoms with Crippen molar-refractivity contribution in [3.63, 3.8) is 0 Å². The minimum absolute atomic E-state index is 0.113. The molecule has 3 heteroatoms. The van der Waals surface area contributed by atoms with E-state index in [1.54, 1.807) is 6.07 Å². The standard InChI is InChI=1S/C13H14Cl2O/c1-13(2,6-3-7-16)9-10-4-5-11(14)8-12(10)15/h4-5,8,16H,7,9H2,1-2H3. The Morgan fingerprint density at radius 3 is 2.56 bits per heavy atom. The number of rotatable bonds is 2. The molecule has 1 nitrogen and oxygen atoms in total. The van der Waals surface area contributed by atoms with Gasteiger partial charge < -0.3 is 5.11 Å². The van der Waals surface area contributed by atoms with Gasteiger partial charge in [0, 0.05) is 15.5 Å². The molecule has 1 aromatic rings. The summed E-state index contributed by atoms with van der Waals surface area (Å²) in [7, 11) is 0. The highest BCUT2D eigenvalue weighted by molar-refractivity contribution is 6.35. The molecule has 0 atom stereocenters. The van der Waals surface area contributed by atoms with Gasteiger partial charge in [0.1, 0.15) is 6.61 Å². The Bertz CT molecular complexity index is 427. The van der Waals surface area contributed by atoms with Crippen LogP contribution >= 0.6 is 23.2 Å². The van der Waals surface area contributed by atoms with E-state index < -0.39 is 0 Å². The van der Waals surface area contributed by atoms with E-state index in [2.05, 4.69) is 11.8 Å². The zero-order valence-electron chi connectivity index (χ0n) is 9.35. The molecule has 0 saturated heterocycles. The summed E-state index contributed by atoms with van der Waals surface area (Å²) in [6.45, 7) is 3.92. The molecule has 86 valence electrons. The second kappa shape index (κ2) is 5.59. The largest absolute Gasteiger partial charge is 0.384 e. The molecule has 0 saturated carbocycles. The third-order valence-electron chi connectivity index (χ3n) is 2.15. The topological polar surface area (TPSA) is 20.2 Å². The van der Waals surface area contributed by atoms with E-state index in [-0.39, 0.29) is 12.0 Å². The highest BCUT2D eigenvalue weighted by Gasteiger charge is 2.17. The van der Waals surface area contributed by atoms with Gasteiger partial charge in [-0.2, -0.15) is 0 Å². The van der Waals surface area contributed by atoms with Crippen LogP contribution in [0.3, 0.4) is 0 Å². The van der Waals surface area contributed by atoms with Crippen molar-refractivity contribution in [1.82, 2.24) is 0 Å². The van der Waals surface area contributed by atoms with Gasteiger partial charge in [-0.15, -0.1) is 0 Å². The Morgan fingerprint density at radius 1 is 1.31 bits per heavy atom. The van der Waals surface area contributed by atoms with Gasteiger partial charge >= 0.3 is 0 Å². The summed E-state index contributed by atoms with van der Waals surface area (Å²) in [4.78, 5) is 0. The Balaban J connectivity index is 2.87. The van der Waals surface area contributed by atoms with Gasteiger partial charge in [0.05, 0.1) is 0 Å². The third-order valence-corrected chi connectivity index (χ3v) is 2.74. The van der Waals surface area contributed by atoms with E-state index in [0.29, 0.717) is 10.0 Å². The van der Waals surface area contributed by atoms with E-state index in [0.717, 1.165) is 12.0 Å². The van der Waals surface area contributed by atoms with Crippen LogP contribution in [0.15, 0.2) is 18.2 Å². The fraction of sp³-hybridized carbons (Fsp3) is 0.385. The molecule has 0 heterocycles. The number of aliphatic hydroxyl groups excluding tert-OH is 1. The SMILES string of the molecule is CC(C)(C#CCO)Cc1ccc(Cl)cc1Cl. The van der Waals surface area contributed by atoms with Crippen LogP contribution in [0.25, 0.3) is 0 Å². The molecule has 0 amide bonds. The van der Waals surface area contributed by atoms with E-state index in [4.69, 9.17) is 28.3 Å². The van der Waals surface area contributed by atoms with Gasteiger partial charge in [-0.25, -0.2) is 0 Å². The fourth-order valence-corrected chi connectivity index (χ4v) is 1.94. The minimum atomic E-state index is -0.208. The van der Waals surface area contributed by atoms with Crippen LogP contribution in [-0.2, 0) is 6.42 Å². The lowest BCUT2D eigenvalue weighted by molar-refractivity contribution is 0.349. The van der Waals surface area contributed by atoms with E-state index in [9.17, 15) is 0 Å². The highest BCUT2D eigenvalue weighted by Crippen LogP contribution is 2.27. The molecule has 0 unspecified atom stereocenters. The van der Waals surface area contributed by atoms with Crippen molar-refractivity contribution in [2.45, 2.75) is 20.3 Å². The molecule has 0 fully saturated rings. The maximum atomic E-state index is 8.67. The molecular formula is C13H14Cl2O. The lowest BCUT2D eigenvalue weighted by Gasteiger charge is -2.18. The summed E-state index contributed by atoms with van der Waals surface area (Å²) in [6.07, 6.45) is 0.732. The molecule has 16 heavy (non-hydrogen) atoms. The molecule has 0 aromatic heterocycles. The predicted octanol–water partition coefficient (Wildman–Crippen LogP) is 3.56. The first kappa shape index (κ1) is 13.4. The van der Waals surface area contributed by atoms with Gasteiger partial charge in [0.15, 0.2) is 0 Å². The average molecular weight is 257 g/mol. The fourth-order valence-electron chi connectivity index (χ4n) is 1.46. The maximum Gasteiger partial charge on any atom is 0.104 e. The first-order valence-electron chi connectivity index (χ1n) is 4.99. The molecule has 1 aromatic carbocycles. The van der Waals surface area contributed by atoms with Crippen molar-refractivity contribution in [3.05, 3.63) is 33.8 Å². The lowest BCUT2D eigenvalue weighted by atomic mass is 9.86. The van der Waals surface area contributed by atoms with Crippen molar-refractivity contribution < 1.29 is 5.11 Å². The molecule has 0 bridgehead atoms. The summed E-state index contributed by atoms with van der Waals surface area (Å²) in [5.74, 6) is 5.68. The van der Waals surface area contributed by atoms with Crippen molar-refractivity contribution in [2.75, 3.05) is 6.61 Å². The monoisotopic (exact) mass is 256 g/mol. The second-order valence-electron chi connectivity index (χ2n) is 4.26. The molecular weight excluding hydrogens is 243 g/mol. The maximum absolute atomic E-state index is 8.67. The molecule has 0 aliphatic carbocycles. The van der Waals surface area contributed by atoms with Gasteiger partial charge in [-0.05, 0) is 38.0 Å². The molecule has 0 aliphatic heterocycles. The van der Waals surface area contributed by atoms with Crippen LogP contribution in [-0.4, -0.2) is 11.7 Å². The molecule has 1 rings (SSSR count). The first-order chi connectivity index (χ1) is 7.44. The summed E-state index contributed by atoms with van der Waals surface area (Å²) >= 11 is 11.9. The molecule has 0 radical (unpaired) electrons. The Labute approximate surface area is 106 Å². The molecule has 0 spiro atoms. The van der Waals surface area contributed by atoms with Crippen molar-refractivity contribution in [2.24, 2.45) is 5.41 Å². The van der Waals surface area contributed by atoms with Crippen LogP contribution in [0.2, 0.25) is 10.0 Å². The summed E-state index contributed by atoms with van der Waals surface area (Å²) in [5.41, 5.74) is 0.809. The van der Waals surface area contributed by atoms with Gasteiger partial charge in [0.25, 0.3) is 0 Å². The van der Waals surface area contributed by atoms with E-state index >= 15 is 0 Å². The van der Waals surface area contributed by atoms with Crippen LogP contribution < -0.4 is 0 Å². The Hall–Kier alpha value is -0.680. The van der Waals surface area contributed by atoms with Crippen molar-refractivity contribution in [1.29, 1.82) is 0 Å². The number of benzene rings is 1. The minimum Gasteiger partial charge on any atom is -0.384 e. The van der Waals surface area contributed by atoms with Crippen LogP contribution in [0, 0.1) is 17.3 Å². The summed E-state index contributed by atoms with van der Waals surface area (Å²) in [6, 6.07) is 5.46. The summed E-state index contributed by atoms with van der Waals surface area (Å²) in [5, 5.41) is 9.96. The average Bonchev–Trinajstić information content (AvgIpc) is 2.19. The third kappa shape index (κ3) is 4.06. The number of hydrogen-bond donors (Lipinski definition) is 1. The second-order valence-corrected chi connectivity index (χ2v) is 5.10. The van der Waals surface area contributed by atoms with Crippen LogP contribution in [0.4, 0.5) is 0 Å².